The van der Waals surface area contributed by atoms with E-state index in [1.165, 1.54) is 25.7 Å². The third-order valence-corrected chi connectivity index (χ3v) is 4.09. The zero-order chi connectivity index (χ0) is 17.6. The maximum atomic E-state index is 11.7. The quantitative estimate of drug-likeness (QED) is 0.215. The summed E-state index contributed by atoms with van der Waals surface area (Å²) >= 11 is 0. The van der Waals surface area contributed by atoms with Gasteiger partial charge in [0.15, 0.2) is 0 Å². The van der Waals surface area contributed by atoms with E-state index in [1.54, 1.807) is 12.1 Å². The Morgan fingerprint density at radius 2 is 1.76 bits per heavy atom. The molecule has 4 nitrogen and oxygen atoms in total. The SMILES string of the molecule is O=C(OCCCCCCCC/C=C/COCC1CO1)c1ccccc1. The van der Waals surface area contributed by atoms with Gasteiger partial charge in [0.05, 0.1) is 32.0 Å². The van der Waals surface area contributed by atoms with E-state index < -0.39 is 0 Å². The number of esters is 1. The van der Waals surface area contributed by atoms with Crippen LogP contribution in [0, 0.1) is 0 Å². The lowest BCUT2D eigenvalue weighted by Gasteiger charge is -2.04. The van der Waals surface area contributed by atoms with Gasteiger partial charge in [-0.15, -0.1) is 0 Å². The summed E-state index contributed by atoms with van der Waals surface area (Å²) in [5.41, 5.74) is 0.627. The van der Waals surface area contributed by atoms with Gasteiger partial charge in [0.1, 0.15) is 6.10 Å². The standard InChI is InChI=1S/C21H30O4/c22-21(19-13-9-8-10-14-19)24-16-12-7-5-3-1-2-4-6-11-15-23-17-20-18-25-20/h6,8-11,13-14,20H,1-5,7,12,15-18H2/b11-6+. The molecule has 0 aliphatic carbocycles. The Bertz CT molecular complexity index is 494. The van der Waals surface area contributed by atoms with E-state index in [-0.39, 0.29) is 5.97 Å². The van der Waals surface area contributed by atoms with Crippen molar-refractivity contribution in [3.8, 4) is 0 Å². The predicted molar refractivity (Wildman–Crippen MR) is 98.7 cm³/mol. The summed E-state index contributed by atoms with van der Waals surface area (Å²) in [6.45, 7) is 2.80. The molecule has 1 aliphatic heterocycles. The van der Waals surface area contributed by atoms with Gasteiger partial charge in [-0.3, -0.25) is 0 Å². The Kier molecular flexibility index (Phi) is 9.97. The number of hydrogen-bond acceptors (Lipinski definition) is 4. The van der Waals surface area contributed by atoms with E-state index in [9.17, 15) is 4.79 Å². The fourth-order valence-electron chi connectivity index (χ4n) is 2.51. The third-order valence-electron chi connectivity index (χ3n) is 4.09. The Morgan fingerprint density at radius 1 is 1.04 bits per heavy atom. The van der Waals surface area contributed by atoms with Gasteiger partial charge in [-0.25, -0.2) is 4.79 Å². The number of rotatable bonds is 14. The first kappa shape index (κ1) is 19.7. The summed E-state index contributed by atoms with van der Waals surface area (Å²) < 4.78 is 15.8. The zero-order valence-corrected chi connectivity index (χ0v) is 15.0. The average Bonchev–Trinajstić information content (AvgIpc) is 3.47. The number of hydrogen-bond donors (Lipinski definition) is 0. The molecule has 0 N–H and O–H groups in total. The number of carbonyl (C=O) groups is 1. The smallest absolute Gasteiger partial charge is 0.338 e. The summed E-state index contributed by atoms with van der Waals surface area (Å²) in [6, 6.07) is 9.16. The summed E-state index contributed by atoms with van der Waals surface area (Å²) in [7, 11) is 0. The molecule has 1 heterocycles. The van der Waals surface area contributed by atoms with Crippen LogP contribution in [0.5, 0.6) is 0 Å². The van der Waals surface area contributed by atoms with Crippen LogP contribution in [0.4, 0.5) is 0 Å². The van der Waals surface area contributed by atoms with Crippen molar-refractivity contribution in [1.29, 1.82) is 0 Å². The predicted octanol–water partition coefficient (Wildman–Crippen LogP) is 4.55. The van der Waals surface area contributed by atoms with Gasteiger partial charge in [0, 0.05) is 0 Å². The zero-order valence-electron chi connectivity index (χ0n) is 15.0. The number of benzene rings is 1. The molecule has 1 unspecified atom stereocenters. The molecular weight excluding hydrogens is 316 g/mol. The van der Waals surface area contributed by atoms with Crippen LogP contribution in [0.3, 0.4) is 0 Å². The molecule has 2 rings (SSSR count). The lowest BCUT2D eigenvalue weighted by atomic mass is 10.1. The second-order valence-corrected chi connectivity index (χ2v) is 6.38. The summed E-state index contributed by atoms with van der Waals surface area (Å²) in [4.78, 5) is 11.7. The fourth-order valence-corrected chi connectivity index (χ4v) is 2.51. The molecule has 0 bridgehead atoms. The van der Waals surface area contributed by atoms with Crippen molar-refractivity contribution in [2.45, 2.75) is 51.0 Å². The van der Waals surface area contributed by atoms with Crippen LogP contribution >= 0.6 is 0 Å². The van der Waals surface area contributed by atoms with Crippen LogP contribution in [0.25, 0.3) is 0 Å². The average molecular weight is 346 g/mol. The van der Waals surface area contributed by atoms with Crippen LogP contribution in [0.2, 0.25) is 0 Å². The Hall–Kier alpha value is -1.65. The maximum absolute atomic E-state index is 11.7. The van der Waals surface area contributed by atoms with Crippen molar-refractivity contribution in [3.05, 3.63) is 48.0 Å². The van der Waals surface area contributed by atoms with Gasteiger partial charge in [-0.1, -0.05) is 56.0 Å². The first-order valence-electron chi connectivity index (χ1n) is 9.43. The fraction of sp³-hybridized carbons (Fsp3) is 0.571. The van der Waals surface area contributed by atoms with Gasteiger partial charge in [0.25, 0.3) is 0 Å². The van der Waals surface area contributed by atoms with Crippen molar-refractivity contribution in [2.24, 2.45) is 0 Å². The molecule has 0 spiro atoms. The third kappa shape index (κ3) is 10.0. The molecule has 0 saturated carbocycles. The van der Waals surface area contributed by atoms with Crippen molar-refractivity contribution < 1.29 is 19.0 Å². The molecule has 1 atom stereocenters. The van der Waals surface area contributed by atoms with Crippen LogP contribution in [-0.2, 0) is 14.2 Å². The van der Waals surface area contributed by atoms with E-state index in [1.807, 2.05) is 18.2 Å². The minimum Gasteiger partial charge on any atom is -0.462 e. The highest BCUT2D eigenvalue weighted by atomic mass is 16.6. The van der Waals surface area contributed by atoms with Crippen LogP contribution < -0.4 is 0 Å². The lowest BCUT2D eigenvalue weighted by molar-refractivity contribution is 0.0497. The van der Waals surface area contributed by atoms with Crippen molar-refractivity contribution >= 4 is 5.97 Å². The van der Waals surface area contributed by atoms with Crippen LogP contribution in [0.1, 0.15) is 55.3 Å². The lowest BCUT2D eigenvalue weighted by Crippen LogP contribution is -2.06. The van der Waals surface area contributed by atoms with Crippen molar-refractivity contribution in [1.82, 2.24) is 0 Å². The van der Waals surface area contributed by atoms with Crippen molar-refractivity contribution in [2.75, 3.05) is 26.4 Å². The van der Waals surface area contributed by atoms with Gasteiger partial charge in [0.2, 0.25) is 0 Å². The van der Waals surface area contributed by atoms with Gasteiger partial charge < -0.3 is 14.2 Å². The monoisotopic (exact) mass is 346 g/mol. The van der Waals surface area contributed by atoms with Crippen molar-refractivity contribution in [3.63, 3.8) is 0 Å². The van der Waals surface area contributed by atoms with Crippen LogP contribution in [0.15, 0.2) is 42.5 Å². The molecule has 1 aromatic carbocycles. The molecule has 1 aliphatic rings. The number of ether oxygens (including phenoxy) is 3. The molecular formula is C21H30O4. The molecule has 1 saturated heterocycles. The number of allylic oxidation sites excluding steroid dienone is 1. The highest BCUT2D eigenvalue weighted by Gasteiger charge is 2.21. The maximum Gasteiger partial charge on any atom is 0.338 e. The highest BCUT2D eigenvalue weighted by molar-refractivity contribution is 5.89. The molecule has 25 heavy (non-hydrogen) atoms. The van der Waals surface area contributed by atoms with E-state index in [0.29, 0.717) is 24.9 Å². The second-order valence-electron chi connectivity index (χ2n) is 6.38. The van der Waals surface area contributed by atoms with Gasteiger partial charge in [-0.05, 0) is 31.4 Å². The van der Waals surface area contributed by atoms with Crippen LogP contribution in [-0.4, -0.2) is 38.5 Å². The number of unbranched alkanes of at least 4 members (excludes halogenated alkanes) is 6. The first-order valence-corrected chi connectivity index (χ1v) is 9.43. The van der Waals surface area contributed by atoms with E-state index in [4.69, 9.17) is 14.2 Å². The summed E-state index contributed by atoms with van der Waals surface area (Å²) in [5.74, 6) is -0.221. The number of carbonyl (C=O) groups excluding carboxylic acids is 1. The minimum atomic E-state index is -0.221. The first-order chi connectivity index (χ1) is 12.4. The molecule has 1 fully saturated rings. The Morgan fingerprint density at radius 3 is 2.52 bits per heavy atom. The van der Waals surface area contributed by atoms with Gasteiger partial charge >= 0.3 is 5.97 Å². The molecule has 138 valence electrons. The summed E-state index contributed by atoms with van der Waals surface area (Å²) in [6.07, 6.45) is 12.8. The molecule has 1 aromatic rings. The highest BCUT2D eigenvalue weighted by Crippen LogP contribution is 2.09. The Balaban J connectivity index is 1.31. The van der Waals surface area contributed by atoms with E-state index >= 15 is 0 Å². The number of epoxide rings is 1. The normalized spacial score (nSPS) is 16.2. The molecule has 4 heteroatoms. The Labute approximate surface area is 151 Å². The van der Waals surface area contributed by atoms with E-state index in [0.717, 1.165) is 32.5 Å². The minimum absolute atomic E-state index is 0.221. The largest absolute Gasteiger partial charge is 0.462 e. The molecule has 0 aromatic heterocycles. The van der Waals surface area contributed by atoms with E-state index in [2.05, 4.69) is 12.2 Å². The summed E-state index contributed by atoms with van der Waals surface area (Å²) in [5, 5.41) is 0. The molecule has 0 amide bonds. The second kappa shape index (κ2) is 12.7. The molecule has 0 radical (unpaired) electrons. The topological polar surface area (TPSA) is 48.1 Å². The van der Waals surface area contributed by atoms with Gasteiger partial charge in [-0.2, -0.15) is 0 Å².